The van der Waals surface area contributed by atoms with Crippen molar-refractivity contribution in [1.82, 2.24) is 0 Å². The van der Waals surface area contributed by atoms with Gasteiger partial charge in [0.05, 0.1) is 7.11 Å². The molecule has 1 atom stereocenters. The van der Waals surface area contributed by atoms with E-state index in [1.165, 1.54) is 64.9 Å². The number of esters is 1. The summed E-state index contributed by atoms with van der Waals surface area (Å²) in [7, 11) is -0.273. The molecule has 0 spiro atoms. The van der Waals surface area contributed by atoms with Gasteiger partial charge in [0.15, 0.2) is 8.32 Å². The third-order valence-corrected chi connectivity index (χ3v) is 10.6. The number of rotatable bonds is 16. The van der Waals surface area contributed by atoms with Crippen molar-refractivity contribution < 1.29 is 14.0 Å². The molecule has 0 heterocycles. The number of hydrogen-bond donors (Lipinski definition) is 0. The van der Waals surface area contributed by atoms with Gasteiger partial charge in [0.2, 0.25) is 0 Å². The predicted octanol–water partition coefficient (Wildman–Crippen LogP) is 7.64. The van der Waals surface area contributed by atoms with Gasteiger partial charge in [-0.3, -0.25) is 4.79 Å². The van der Waals surface area contributed by atoms with Crippen molar-refractivity contribution >= 4 is 14.3 Å². The van der Waals surface area contributed by atoms with Crippen molar-refractivity contribution in [2.24, 2.45) is 0 Å². The summed E-state index contributed by atoms with van der Waals surface area (Å²) in [5.74, 6) is -0.0973. The first-order valence-corrected chi connectivity index (χ1v) is 14.3. The molecule has 0 rings (SSSR count). The fraction of sp³-hybridized carbons (Fsp3) is 0.957. The average molecular weight is 401 g/mol. The molecule has 0 saturated carbocycles. The second kappa shape index (κ2) is 14.6. The van der Waals surface area contributed by atoms with Crippen LogP contribution in [0.5, 0.6) is 0 Å². The molecule has 0 aromatic carbocycles. The summed E-state index contributed by atoms with van der Waals surface area (Å²) in [5, 5.41) is 0.247. The first-order chi connectivity index (χ1) is 12.6. The Morgan fingerprint density at radius 2 is 1.33 bits per heavy atom. The van der Waals surface area contributed by atoms with Crippen LogP contribution in [0, 0.1) is 0 Å². The molecule has 3 nitrogen and oxygen atoms in total. The van der Waals surface area contributed by atoms with E-state index in [4.69, 9.17) is 9.16 Å². The molecule has 27 heavy (non-hydrogen) atoms. The second-order valence-corrected chi connectivity index (χ2v) is 14.3. The Morgan fingerprint density at radius 3 is 1.81 bits per heavy atom. The van der Waals surface area contributed by atoms with Gasteiger partial charge in [-0.05, 0) is 37.4 Å². The van der Waals surface area contributed by atoms with Crippen LogP contribution in [0.25, 0.3) is 0 Å². The number of carbonyl (C=O) groups is 1. The minimum Gasteiger partial charge on any atom is -0.469 e. The lowest BCUT2D eigenvalue weighted by Gasteiger charge is -2.39. The molecule has 0 bridgehead atoms. The smallest absolute Gasteiger partial charge is 0.305 e. The molecule has 0 N–H and O–H groups in total. The maximum absolute atomic E-state index is 11.3. The van der Waals surface area contributed by atoms with Crippen molar-refractivity contribution in [3.8, 4) is 0 Å². The van der Waals surface area contributed by atoms with E-state index in [1.54, 1.807) is 0 Å². The van der Waals surface area contributed by atoms with E-state index in [0.29, 0.717) is 12.5 Å². The van der Waals surface area contributed by atoms with Gasteiger partial charge in [0.1, 0.15) is 0 Å². The van der Waals surface area contributed by atoms with Crippen LogP contribution in [0.2, 0.25) is 18.1 Å². The maximum Gasteiger partial charge on any atom is 0.305 e. The summed E-state index contributed by atoms with van der Waals surface area (Å²) in [6.45, 7) is 13.9. The fourth-order valence-electron chi connectivity index (χ4n) is 3.10. The van der Waals surface area contributed by atoms with Gasteiger partial charge in [-0.25, -0.2) is 0 Å². The summed E-state index contributed by atoms with van der Waals surface area (Å²) < 4.78 is 11.5. The largest absolute Gasteiger partial charge is 0.469 e. The molecular weight excluding hydrogens is 352 g/mol. The highest BCUT2D eigenvalue weighted by atomic mass is 28.4. The fourth-order valence-corrected chi connectivity index (χ4v) is 4.53. The summed E-state index contributed by atoms with van der Waals surface area (Å²) >= 11 is 0. The van der Waals surface area contributed by atoms with Crippen LogP contribution in [-0.4, -0.2) is 27.5 Å². The quantitative estimate of drug-likeness (QED) is 0.152. The Hall–Kier alpha value is -0.353. The standard InChI is InChI=1S/C23H48O3Si/c1-8-9-10-11-12-13-14-15-18-21(19-16-17-20-22(24)25-5)26-27(6,7)23(2,3)4/h21H,8-20H2,1-7H3. The zero-order chi connectivity index (χ0) is 20.8. The Bertz CT molecular complexity index is 374. The molecule has 0 amide bonds. The molecule has 0 aromatic rings. The molecular formula is C23H48O3Si. The molecule has 0 aromatic heterocycles. The van der Waals surface area contributed by atoms with Crippen LogP contribution < -0.4 is 0 Å². The molecule has 0 radical (unpaired) electrons. The molecule has 0 aliphatic carbocycles. The SMILES string of the molecule is CCCCCCCCCCC(CCCCC(=O)OC)O[Si](C)(C)C(C)(C)C. The Morgan fingerprint density at radius 1 is 0.852 bits per heavy atom. The van der Waals surface area contributed by atoms with E-state index in [-0.39, 0.29) is 11.0 Å². The normalized spacial score (nSPS) is 13.6. The highest BCUT2D eigenvalue weighted by Gasteiger charge is 2.38. The number of carbonyl (C=O) groups excluding carboxylic acids is 1. The minimum atomic E-state index is -1.74. The highest BCUT2D eigenvalue weighted by Crippen LogP contribution is 2.38. The molecule has 4 heteroatoms. The lowest BCUT2D eigenvalue weighted by atomic mass is 10.0. The maximum atomic E-state index is 11.3. The van der Waals surface area contributed by atoms with Gasteiger partial charge in [0, 0.05) is 12.5 Å². The topological polar surface area (TPSA) is 35.5 Å². The summed E-state index contributed by atoms with van der Waals surface area (Å²) in [6, 6.07) is 0. The van der Waals surface area contributed by atoms with Gasteiger partial charge in [-0.1, -0.05) is 85.5 Å². The molecule has 0 saturated heterocycles. The van der Waals surface area contributed by atoms with E-state index in [1.807, 2.05) is 0 Å². The Labute approximate surface area is 171 Å². The Balaban J connectivity index is 4.29. The lowest BCUT2D eigenvalue weighted by Crippen LogP contribution is -2.44. The predicted molar refractivity (Wildman–Crippen MR) is 120 cm³/mol. The van der Waals surface area contributed by atoms with Crippen molar-refractivity contribution in [1.29, 1.82) is 0 Å². The summed E-state index contributed by atoms with van der Waals surface area (Å²) in [6.07, 6.45) is 15.9. The van der Waals surface area contributed by atoms with Crippen LogP contribution in [0.15, 0.2) is 0 Å². The molecule has 162 valence electrons. The van der Waals surface area contributed by atoms with Gasteiger partial charge in [-0.15, -0.1) is 0 Å². The van der Waals surface area contributed by atoms with Crippen molar-refractivity contribution in [3.63, 3.8) is 0 Å². The van der Waals surface area contributed by atoms with Gasteiger partial charge in [0.25, 0.3) is 0 Å². The lowest BCUT2D eigenvalue weighted by molar-refractivity contribution is -0.140. The van der Waals surface area contributed by atoms with Crippen molar-refractivity contribution in [2.75, 3.05) is 7.11 Å². The van der Waals surface area contributed by atoms with Crippen LogP contribution in [0.4, 0.5) is 0 Å². The second-order valence-electron chi connectivity index (χ2n) is 9.59. The van der Waals surface area contributed by atoms with Crippen molar-refractivity contribution in [3.05, 3.63) is 0 Å². The number of unbranched alkanes of at least 4 members (excludes halogenated alkanes) is 8. The van der Waals surface area contributed by atoms with Crippen LogP contribution >= 0.6 is 0 Å². The molecule has 0 aliphatic heterocycles. The minimum absolute atomic E-state index is 0.0973. The van der Waals surface area contributed by atoms with Gasteiger partial charge < -0.3 is 9.16 Å². The first kappa shape index (κ1) is 26.6. The first-order valence-electron chi connectivity index (χ1n) is 11.4. The molecule has 1 unspecified atom stereocenters. The number of ether oxygens (including phenoxy) is 1. The number of methoxy groups -OCH3 is 1. The van der Waals surface area contributed by atoms with Gasteiger partial charge >= 0.3 is 5.97 Å². The van der Waals surface area contributed by atoms with Crippen LogP contribution in [0.1, 0.15) is 111 Å². The van der Waals surface area contributed by atoms with E-state index in [9.17, 15) is 4.79 Å². The van der Waals surface area contributed by atoms with E-state index in [0.717, 1.165) is 19.3 Å². The van der Waals surface area contributed by atoms with E-state index >= 15 is 0 Å². The van der Waals surface area contributed by atoms with E-state index < -0.39 is 8.32 Å². The Kier molecular flexibility index (Phi) is 14.4. The average Bonchev–Trinajstić information content (AvgIpc) is 2.59. The van der Waals surface area contributed by atoms with Crippen molar-refractivity contribution in [2.45, 2.75) is 135 Å². The zero-order valence-corrected chi connectivity index (χ0v) is 20.5. The summed E-state index contributed by atoms with van der Waals surface area (Å²) in [5.41, 5.74) is 0. The van der Waals surface area contributed by atoms with Crippen LogP contribution in [-0.2, 0) is 14.0 Å². The van der Waals surface area contributed by atoms with E-state index in [2.05, 4.69) is 40.8 Å². The van der Waals surface area contributed by atoms with Crippen LogP contribution in [0.3, 0.4) is 0 Å². The molecule has 0 aliphatic rings. The highest BCUT2D eigenvalue weighted by molar-refractivity contribution is 6.74. The monoisotopic (exact) mass is 400 g/mol. The summed E-state index contributed by atoms with van der Waals surface area (Å²) in [4.78, 5) is 11.3. The van der Waals surface area contributed by atoms with Gasteiger partial charge in [-0.2, -0.15) is 0 Å². The number of hydrogen-bond acceptors (Lipinski definition) is 3. The molecule has 0 fully saturated rings. The third kappa shape index (κ3) is 13.5. The third-order valence-electron chi connectivity index (χ3n) is 6.03. The zero-order valence-electron chi connectivity index (χ0n) is 19.5.